The topological polar surface area (TPSA) is 56.7 Å². The van der Waals surface area contributed by atoms with Crippen molar-refractivity contribution in [2.75, 3.05) is 0 Å². The number of nitrogens with two attached hydrogens (primary N) is 1. The number of thioether (sulfide) groups is 1. The summed E-state index contributed by atoms with van der Waals surface area (Å²) < 4.78 is 2.32. The van der Waals surface area contributed by atoms with Gasteiger partial charge in [0, 0.05) is 16.0 Å². The predicted octanol–water partition coefficient (Wildman–Crippen LogP) is 2.53. The van der Waals surface area contributed by atoms with E-state index in [1.54, 1.807) is 0 Å². The molecule has 1 aromatic heterocycles. The van der Waals surface area contributed by atoms with E-state index in [0.717, 1.165) is 5.69 Å². The van der Waals surface area contributed by atoms with Crippen LogP contribution in [0, 0.1) is 0 Å². The number of aromatic nitrogens is 3. The van der Waals surface area contributed by atoms with E-state index >= 15 is 0 Å². The standard InChI is InChI=1S/C12H22N4S/c1-8(13)9-7-16(15-14-9)10-5-6-11(10)17-12(2,3)4/h7-8,10-11H,5-6,13H2,1-4H3. The molecule has 5 heteroatoms. The fraction of sp³-hybridized carbons (Fsp3) is 0.833. The number of rotatable bonds is 3. The van der Waals surface area contributed by atoms with E-state index in [2.05, 4.69) is 31.1 Å². The molecular formula is C12H22N4S. The largest absolute Gasteiger partial charge is 0.323 e. The van der Waals surface area contributed by atoms with Gasteiger partial charge in [-0.3, -0.25) is 0 Å². The zero-order valence-electron chi connectivity index (χ0n) is 11.1. The van der Waals surface area contributed by atoms with Crippen LogP contribution < -0.4 is 5.73 Å². The minimum Gasteiger partial charge on any atom is -0.323 e. The Morgan fingerprint density at radius 1 is 1.47 bits per heavy atom. The van der Waals surface area contributed by atoms with Gasteiger partial charge in [0.25, 0.3) is 0 Å². The Hall–Kier alpha value is -0.550. The first kappa shape index (κ1) is 12.9. The van der Waals surface area contributed by atoms with Crippen LogP contribution in [0.2, 0.25) is 0 Å². The van der Waals surface area contributed by atoms with Gasteiger partial charge < -0.3 is 5.73 Å². The maximum Gasteiger partial charge on any atom is 0.0991 e. The molecule has 1 saturated carbocycles. The molecule has 96 valence electrons. The molecule has 3 atom stereocenters. The molecule has 0 bridgehead atoms. The van der Waals surface area contributed by atoms with Crippen molar-refractivity contribution < 1.29 is 0 Å². The molecule has 0 aliphatic heterocycles. The number of hydrogen-bond acceptors (Lipinski definition) is 4. The van der Waals surface area contributed by atoms with Crippen LogP contribution in [-0.2, 0) is 0 Å². The van der Waals surface area contributed by atoms with E-state index in [4.69, 9.17) is 5.73 Å². The summed E-state index contributed by atoms with van der Waals surface area (Å²) in [4.78, 5) is 0. The Balaban J connectivity index is 2.02. The average Bonchev–Trinajstić information content (AvgIpc) is 2.60. The van der Waals surface area contributed by atoms with Crippen LogP contribution in [-0.4, -0.2) is 25.0 Å². The van der Waals surface area contributed by atoms with Gasteiger partial charge in [0.1, 0.15) is 0 Å². The average molecular weight is 254 g/mol. The second kappa shape index (κ2) is 4.61. The summed E-state index contributed by atoms with van der Waals surface area (Å²) >= 11 is 2.04. The normalized spacial score (nSPS) is 26.6. The quantitative estimate of drug-likeness (QED) is 0.900. The van der Waals surface area contributed by atoms with Crippen LogP contribution in [0.25, 0.3) is 0 Å². The smallest absolute Gasteiger partial charge is 0.0991 e. The molecule has 4 nitrogen and oxygen atoms in total. The lowest BCUT2D eigenvalue weighted by Gasteiger charge is -2.39. The summed E-state index contributed by atoms with van der Waals surface area (Å²) in [5.74, 6) is 0. The third-order valence-electron chi connectivity index (χ3n) is 3.02. The molecule has 0 spiro atoms. The summed E-state index contributed by atoms with van der Waals surface area (Å²) in [7, 11) is 0. The lowest BCUT2D eigenvalue weighted by Crippen LogP contribution is -2.34. The first-order valence-electron chi connectivity index (χ1n) is 6.22. The first-order valence-corrected chi connectivity index (χ1v) is 7.10. The van der Waals surface area contributed by atoms with Crippen LogP contribution in [0.15, 0.2) is 6.20 Å². The first-order chi connectivity index (χ1) is 7.87. The third kappa shape index (κ3) is 3.01. The summed E-state index contributed by atoms with van der Waals surface area (Å²) in [6.45, 7) is 8.74. The zero-order valence-corrected chi connectivity index (χ0v) is 11.9. The van der Waals surface area contributed by atoms with Crippen molar-refractivity contribution in [3.63, 3.8) is 0 Å². The van der Waals surface area contributed by atoms with Gasteiger partial charge >= 0.3 is 0 Å². The predicted molar refractivity (Wildman–Crippen MR) is 72.0 cm³/mol. The molecule has 3 unspecified atom stereocenters. The minimum absolute atomic E-state index is 0.0301. The van der Waals surface area contributed by atoms with Crippen molar-refractivity contribution in [3.05, 3.63) is 11.9 Å². The Morgan fingerprint density at radius 2 is 2.18 bits per heavy atom. The van der Waals surface area contributed by atoms with E-state index in [1.807, 2.05) is 29.6 Å². The van der Waals surface area contributed by atoms with Gasteiger partial charge in [-0.2, -0.15) is 11.8 Å². The van der Waals surface area contributed by atoms with Crippen LogP contribution in [0.1, 0.15) is 58.3 Å². The van der Waals surface area contributed by atoms with Crippen LogP contribution in [0.3, 0.4) is 0 Å². The van der Waals surface area contributed by atoms with Gasteiger partial charge in [0.2, 0.25) is 0 Å². The molecule has 1 heterocycles. The van der Waals surface area contributed by atoms with Gasteiger partial charge in [-0.25, -0.2) is 4.68 Å². The highest BCUT2D eigenvalue weighted by atomic mass is 32.2. The summed E-state index contributed by atoms with van der Waals surface area (Å²) in [5.41, 5.74) is 6.69. The molecule has 0 aromatic carbocycles. The maximum absolute atomic E-state index is 5.80. The van der Waals surface area contributed by atoms with Crippen molar-refractivity contribution in [3.8, 4) is 0 Å². The van der Waals surface area contributed by atoms with Crippen molar-refractivity contribution in [2.24, 2.45) is 5.73 Å². The summed E-state index contributed by atoms with van der Waals surface area (Å²) in [6.07, 6.45) is 4.49. The maximum atomic E-state index is 5.80. The van der Waals surface area contributed by atoms with Crippen LogP contribution in [0.5, 0.6) is 0 Å². The molecule has 0 saturated heterocycles. The van der Waals surface area contributed by atoms with E-state index in [9.17, 15) is 0 Å². The minimum atomic E-state index is -0.0301. The fourth-order valence-electron chi connectivity index (χ4n) is 2.01. The van der Waals surface area contributed by atoms with E-state index in [0.29, 0.717) is 16.0 Å². The Bertz CT molecular complexity index is 380. The molecule has 1 aliphatic rings. The van der Waals surface area contributed by atoms with Crippen molar-refractivity contribution in [2.45, 2.75) is 62.6 Å². The molecule has 0 amide bonds. The van der Waals surface area contributed by atoms with E-state index in [-0.39, 0.29) is 6.04 Å². The van der Waals surface area contributed by atoms with Crippen molar-refractivity contribution >= 4 is 11.8 Å². The highest BCUT2D eigenvalue weighted by molar-refractivity contribution is 8.01. The zero-order chi connectivity index (χ0) is 12.6. The lowest BCUT2D eigenvalue weighted by molar-refractivity contribution is 0.296. The van der Waals surface area contributed by atoms with Crippen LogP contribution >= 0.6 is 11.8 Å². The highest BCUT2D eigenvalue weighted by Crippen LogP contribution is 2.45. The second-order valence-electron chi connectivity index (χ2n) is 5.83. The molecule has 2 N–H and O–H groups in total. The highest BCUT2D eigenvalue weighted by Gasteiger charge is 2.36. The number of nitrogens with zero attached hydrogens (tertiary/aromatic N) is 3. The molecular weight excluding hydrogens is 232 g/mol. The Labute approximate surface area is 107 Å². The van der Waals surface area contributed by atoms with E-state index in [1.165, 1.54) is 12.8 Å². The van der Waals surface area contributed by atoms with Gasteiger partial charge in [0.05, 0.1) is 17.9 Å². The van der Waals surface area contributed by atoms with Gasteiger partial charge in [-0.15, -0.1) is 5.10 Å². The molecule has 1 fully saturated rings. The van der Waals surface area contributed by atoms with Gasteiger partial charge in [-0.1, -0.05) is 26.0 Å². The monoisotopic (exact) mass is 254 g/mol. The SMILES string of the molecule is CC(N)c1cn(C2CCC2SC(C)(C)C)nn1. The summed E-state index contributed by atoms with van der Waals surface area (Å²) in [5, 5.41) is 9.01. The molecule has 17 heavy (non-hydrogen) atoms. The third-order valence-corrected chi connectivity index (χ3v) is 4.58. The number of hydrogen-bond donors (Lipinski definition) is 1. The summed E-state index contributed by atoms with van der Waals surface area (Å²) in [6, 6.07) is 0.469. The molecule has 1 aliphatic carbocycles. The van der Waals surface area contributed by atoms with E-state index < -0.39 is 0 Å². The Morgan fingerprint density at radius 3 is 2.59 bits per heavy atom. The fourth-order valence-corrected chi connectivity index (χ4v) is 3.59. The molecule has 0 radical (unpaired) electrons. The van der Waals surface area contributed by atoms with Crippen molar-refractivity contribution in [1.29, 1.82) is 0 Å². The van der Waals surface area contributed by atoms with Crippen LogP contribution in [0.4, 0.5) is 0 Å². The Kier molecular flexibility index (Phi) is 3.50. The van der Waals surface area contributed by atoms with Crippen molar-refractivity contribution in [1.82, 2.24) is 15.0 Å². The van der Waals surface area contributed by atoms with Gasteiger partial charge in [-0.05, 0) is 19.8 Å². The van der Waals surface area contributed by atoms with Gasteiger partial charge in [0.15, 0.2) is 0 Å². The molecule has 1 aromatic rings. The second-order valence-corrected chi connectivity index (χ2v) is 7.89. The molecule has 2 rings (SSSR count). The lowest BCUT2D eigenvalue weighted by atomic mass is 9.92.